The van der Waals surface area contributed by atoms with E-state index >= 15 is 0 Å². The summed E-state index contributed by atoms with van der Waals surface area (Å²) in [6.07, 6.45) is 4.70. The second kappa shape index (κ2) is 9.28. The van der Waals surface area contributed by atoms with Crippen LogP contribution in [0, 0.1) is 11.8 Å². The highest BCUT2D eigenvalue weighted by Gasteiger charge is 2.42. The van der Waals surface area contributed by atoms with Crippen molar-refractivity contribution < 1.29 is 24.5 Å². The normalized spacial score (nSPS) is 36.4. The van der Waals surface area contributed by atoms with Crippen LogP contribution >= 0.6 is 0 Å². The Kier molecular flexibility index (Phi) is 7.97. The first kappa shape index (κ1) is 22.3. The zero-order valence-corrected chi connectivity index (χ0v) is 16.5. The van der Waals surface area contributed by atoms with Crippen molar-refractivity contribution in [2.24, 2.45) is 11.8 Å². The van der Waals surface area contributed by atoms with E-state index in [-0.39, 0.29) is 12.3 Å². The lowest BCUT2D eigenvalue weighted by molar-refractivity contribution is -0.161. The molecule has 1 aliphatic heterocycles. The van der Waals surface area contributed by atoms with Gasteiger partial charge in [0.15, 0.2) is 11.4 Å². The zero-order chi connectivity index (χ0) is 20.1. The van der Waals surface area contributed by atoms with Crippen LogP contribution in [0.3, 0.4) is 0 Å². The number of allylic oxidation sites excluding steroid dienone is 3. The molecule has 0 saturated carbocycles. The molecule has 1 rings (SSSR count). The van der Waals surface area contributed by atoms with Crippen molar-refractivity contribution >= 4 is 11.8 Å². The molecule has 4 atom stereocenters. The lowest BCUT2D eigenvalue weighted by Crippen LogP contribution is -2.48. The molecule has 0 aromatic carbocycles. The number of ether oxygens (including phenoxy) is 1. The summed E-state index contributed by atoms with van der Waals surface area (Å²) in [5.74, 6) is -2.42. The Morgan fingerprint density at radius 3 is 2.46 bits per heavy atom. The molecule has 0 saturated heterocycles. The van der Waals surface area contributed by atoms with Crippen molar-refractivity contribution in [1.29, 1.82) is 0 Å². The summed E-state index contributed by atoms with van der Waals surface area (Å²) >= 11 is 0. The summed E-state index contributed by atoms with van der Waals surface area (Å²) in [6.45, 7) is 12.3. The number of ketones is 1. The topological polar surface area (TPSA) is 83.8 Å². The predicted molar refractivity (Wildman–Crippen MR) is 101 cm³/mol. The Bertz CT molecular complexity index is 616. The van der Waals surface area contributed by atoms with E-state index in [1.807, 2.05) is 32.9 Å². The van der Waals surface area contributed by atoms with Crippen molar-refractivity contribution in [3.05, 3.63) is 35.5 Å². The van der Waals surface area contributed by atoms with Gasteiger partial charge in [-0.25, -0.2) is 0 Å². The fourth-order valence-electron chi connectivity index (χ4n) is 3.42. The molecule has 1 heterocycles. The molecule has 0 aliphatic carbocycles. The Labute approximate surface area is 156 Å². The third kappa shape index (κ3) is 5.64. The van der Waals surface area contributed by atoms with Crippen LogP contribution in [0.1, 0.15) is 53.9 Å². The van der Waals surface area contributed by atoms with Crippen molar-refractivity contribution in [2.75, 3.05) is 6.61 Å². The van der Waals surface area contributed by atoms with E-state index < -0.39 is 36.0 Å². The fourth-order valence-corrected chi connectivity index (χ4v) is 3.42. The summed E-state index contributed by atoms with van der Waals surface area (Å²) in [6, 6.07) is 0. The Hall–Kier alpha value is -1.72. The highest BCUT2D eigenvalue weighted by atomic mass is 16.5. The van der Waals surface area contributed by atoms with Crippen LogP contribution in [0.25, 0.3) is 0 Å². The number of hydrogen-bond acceptors (Lipinski definition) is 5. The maximum atomic E-state index is 12.7. The van der Waals surface area contributed by atoms with Crippen molar-refractivity contribution in [3.8, 4) is 0 Å². The standard InChI is InChI=1S/C21H32O5/c1-7-18-16(5)10-14(3)8-13(2)9-15(4)11-21(25,12-22)19(23)17(6)20(24)26-18/h9-10,13,17-18,22,25H,3,7-8,11-12H2,1-2,4-6H3/b15-9+,16-10-/t13-,17-,18?,21-/m1/s1. The summed E-state index contributed by atoms with van der Waals surface area (Å²) in [5.41, 5.74) is 0.576. The van der Waals surface area contributed by atoms with E-state index in [0.29, 0.717) is 12.8 Å². The minimum Gasteiger partial charge on any atom is -0.457 e. The van der Waals surface area contributed by atoms with Gasteiger partial charge in [0.05, 0.1) is 6.61 Å². The molecule has 2 N–H and O–H groups in total. The number of aliphatic hydroxyl groups is 2. The SMILES string of the molecule is C=C1/C=C(/C)C(CC)OC(=O)[C@H](C)C(=O)[C@](O)(CO)C/C(C)=C/[C@H](C)C1. The lowest BCUT2D eigenvalue weighted by Gasteiger charge is -2.28. The van der Waals surface area contributed by atoms with Gasteiger partial charge in [-0.3, -0.25) is 9.59 Å². The average molecular weight is 364 g/mol. The van der Waals surface area contributed by atoms with Crippen molar-refractivity contribution in [3.63, 3.8) is 0 Å². The van der Waals surface area contributed by atoms with Crippen molar-refractivity contribution in [1.82, 2.24) is 0 Å². The molecule has 0 spiro atoms. The Balaban J connectivity index is 3.32. The van der Waals surface area contributed by atoms with Crippen LogP contribution in [-0.4, -0.2) is 40.3 Å². The molecule has 1 unspecified atom stereocenters. The van der Waals surface area contributed by atoms with Crippen molar-refractivity contribution in [2.45, 2.75) is 65.6 Å². The summed E-state index contributed by atoms with van der Waals surface area (Å²) in [4.78, 5) is 25.1. The Morgan fingerprint density at radius 1 is 1.31 bits per heavy atom. The van der Waals surface area contributed by atoms with Crippen LogP contribution < -0.4 is 0 Å². The molecule has 146 valence electrons. The molecule has 26 heavy (non-hydrogen) atoms. The minimum atomic E-state index is -1.99. The smallest absolute Gasteiger partial charge is 0.316 e. The minimum absolute atomic E-state index is 0.0250. The molecule has 5 nitrogen and oxygen atoms in total. The Morgan fingerprint density at radius 2 is 1.92 bits per heavy atom. The molecule has 0 fully saturated rings. The number of hydrogen-bond donors (Lipinski definition) is 2. The van der Waals surface area contributed by atoms with Crippen LogP contribution in [-0.2, 0) is 14.3 Å². The van der Waals surface area contributed by atoms with E-state index in [9.17, 15) is 19.8 Å². The van der Waals surface area contributed by atoms with Gasteiger partial charge in [0.2, 0.25) is 0 Å². The highest BCUT2D eigenvalue weighted by Crippen LogP contribution is 2.26. The first-order valence-corrected chi connectivity index (χ1v) is 9.15. The lowest BCUT2D eigenvalue weighted by atomic mass is 9.84. The van der Waals surface area contributed by atoms with Gasteiger partial charge < -0.3 is 14.9 Å². The summed E-state index contributed by atoms with van der Waals surface area (Å²) < 4.78 is 5.50. The molecule has 1 aliphatic rings. The largest absolute Gasteiger partial charge is 0.457 e. The van der Waals surface area contributed by atoms with Gasteiger partial charge in [-0.05, 0) is 45.1 Å². The van der Waals surface area contributed by atoms with E-state index in [2.05, 4.69) is 6.58 Å². The monoisotopic (exact) mass is 364 g/mol. The average Bonchev–Trinajstić information content (AvgIpc) is 2.56. The molecule has 0 aromatic heterocycles. The molecule has 0 radical (unpaired) electrons. The number of rotatable bonds is 2. The first-order valence-electron chi connectivity index (χ1n) is 9.15. The second-order valence-electron chi connectivity index (χ2n) is 7.53. The van der Waals surface area contributed by atoms with Crippen LogP contribution in [0.2, 0.25) is 0 Å². The third-order valence-corrected chi connectivity index (χ3v) is 4.76. The number of carbonyl (C=O) groups excluding carboxylic acids is 2. The summed E-state index contributed by atoms with van der Waals surface area (Å²) in [7, 11) is 0. The van der Waals surface area contributed by atoms with Gasteiger partial charge in [0, 0.05) is 6.42 Å². The quantitative estimate of drug-likeness (QED) is 0.447. The molecule has 0 aromatic rings. The number of aliphatic hydroxyl groups excluding tert-OH is 1. The number of carbonyl (C=O) groups is 2. The van der Waals surface area contributed by atoms with Gasteiger partial charge in [0.25, 0.3) is 0 Å². The van der Waals surface area contributed by atoms with E-state index in [0.717, 1.165) is 16.7 Å². The predicted octanol–water partition coefficient (Wildman–Crippen LogP) is 3.12. The second-order valence-corrected chi connectivity index (χ2v) is 7.53. The highest BCUT2D eigenvalue weighted by molar-refractivity contribution is 6.03. The number of cyclic esters (lactones) is 1. The number of esters is 1. The number of Topliss-reactive ketones (excluding diaryl/α,β-unsaturated/α-hetero) is 1. The maximum absolute atomic E-state index is 12.7. The first-order chi connectivity index (χ1) is 12.0. The van der Waals surface area contributed by atoms with Gasteiger partial charge in [0.1, 0.15) is 12.0 Å². The van der Waals surface area contributed by atoms with Gasteiger partial charge in [-0.1, -0.05) is 43.7 Å². The fraction of sp³-hybridized carbons (Fsp3) is 0.619. The molecular weight excluding hydrogens is 332 g/mol. The van der Waals surface area contributed by atoms with Crippen LogP contribution in [0.5, 0.6) is 0 Å². The molecule has 5 heteroatoms. The van der Waals surface area contributed by atoms with Gasteiger partial charge in [-0.15, -0.1) is 0 Å². The third-order valence-electron chi connectivity index (χ3n) is 4.76. The maximum Gasteiger partial charge on any atom is 0.316 e. The summed E-state index contributed by atoms with van der Waals surface area (Å²) in [5, 5.41) is 20.3. The van der Waals surface area contributed by atoms with E-state index in [4.69, 9.17) is 4.74 Å². The van der Waals surface area contributed by atoms with Crippen LogP contribution in [0.4, 0.5) is 0 Å². The van der Waals surface area contributed by atoms with E-state index in [1.165, 1.54) is 6.92 Å². The zero-order valence-electron chi connectivity index (χ0n) is 16.5. The van der Waals surface area contributed by atoms with Gasteiger partial charge in [-0.2, -0.15) is 0 Å². The molecule has 0 bridgehead atoms. The van der Waals surface area contributed by atoms with Crippen LogP contribution in [0.15, 0.2) is 35.5 Å². The molecule has 0 amide bonds. The van der Waals surface area contributed by atoms with E-state index in [1.54, 1.807) is 6.92 Å². The molecular formula is C21H32O5. The van der Waals surface area contributed by atoms with Gasteiger partial charge >= 0.3 is 5.97 Å².